The maximum absolute atomic E-state index is 11.9. The first-order chi connectivity index (χ1) is 9.79. The minimum Gasteiger partial charge on any atom is -0.467 e. The molecule has 20 heavy (non-hydrogen) atoms. The second kappa shape index (κ2) is 5.46. The molecule has 4 nitrogen and oxygen atoms in total. The molecule has 1 aromatic carbocycles. The number of methoxy groups -OCH3 is 1. The van der Waals surface area contributed by atoms with E-state index in [1.165, 1.54) is 7.11 Å². The maximum atomic E-state index is 11.9. The van der Waals surface area contributed by atoms with Crippen LogP contribution in [0.1, 0.15) is 16.5 Å². The van der Waals surface area contributed by atoms with Gasteiger partial charge in [-0.1, -0.05) is 24.3 Å². The molecule has 1 aliphatic heterocycles. The molecule has 1 aromatic heterocycles. The first-order valence-electron chi connectivity index (χ1n) is 6.20. The summed E-state index contributed by atoms with van der Waals surface area (Å²) < 4.78 is 10.7. The van der Waals surface area contributed by atoms with Crippen LogP contribution in [0.2, 0.25) is 0 Å². The Hall–Kier alpha value is -2.14. The van der Waals surface area contributed by atoms with Crippen molar-refractivity contribution in [2.24, 2.45) is 4.99 Å². The number of rotatable bonds is 3. The van der Waals surface area contributed by atoms with Gasteiger partial charge in [0.25, 0.3) is 0 Å². The van der Waals surface area contributed by atoms with Gasteiger partial charge in [-0.3, -0.25) is 0 Å². The number of hydrogen-bond acceptors (Lipinski definition) is 5. The molecule has 0 radical (unpaired) electrons. The van der Waals surface area contributed by atoms with E-state index >= 15 is 0 Å². The molecule has 0 saturated heterocycles. The van der Waals surface area contributed by atoms with Crippen LogP contribution < -0.4 is 0 Å². The van der Waals surface area contributed by atoms with Crippen molar-refractivity contribution < 1.29 is 14.3 Å². The summed E-state index contributed by atoms with van der Waals surface area (Å²) in [7, 11) is 1.36. The third kappa shape index (κ3) is 2.32. The Morgan fingerprint density at radius 1 is 1.25 bits per heavy atom. The Balaban J connectivity index is 1.93. The fourth-order valence-electron chi connectivity index (χ4n) is 2.10. The van der Waals surface area contributed by atoms with E-state index in [2.05, 4.69) is 4.99 Å². The van der Waals surface area contributed by atoms with E-state index in [0.717, 1.165) is 10.4 Å². The predicted octanol–water partition coefficient (Wildman–Crippen LogP) is 2.81. The number of hydrogen-bond donors (Lipinski definition) is 0. The number of thiophene rings is 1. The van der Waals surface area contributed by atoms with Crippen LogP contribution in [0.3, 0.4) is 0 Å². The molecule has 0 fully saturated rings. The predicted molar refractivity (Wildman–Crippen MR) is 76.9 cm³/mol. The van der Waals surface area contributed by atoms with Gasteiger partial charge in [-0.05, 0) is 23.6 Å². The Kier molecular flexibility index (Phi) is 3.52. The third-order valence-corrected chi connectivity index (χ3v) is 4.00. The molecule has 102 valence electrons. The number of benzene rings is 1. The standard InChI is InChI=1S/C15H13NO3S/c1-18-15(17)12-13(11-8-5-9-20-11)19-14(16-12)10-6-3-2-4-7-10/h2-9,12-13H,1H3. The van der Waals surface area contributed by atoms with Crippen LogP contribution >= 0.6 is 11.3 Å². The molecule has 1 aliphatic rings. The fraction of sp³-hybridized carbons (Fsp3) is 0.200. The lowest BCUT2D eigenvalue weighted by molar-refractivity contribution is -0.143. The van der Waals surface area contributed by atoms with Crippen molar-refractivity contribution in [3.05, 3.63) is 58.3 Å². The smallest absolute Gasteiger partial charge is 0.335 e. The fourth-order valence-corrected chi connectivity index (χ4v) is 2.88. The van der Waals surface area contributed by atoms with Gasteiger partial charge < -0.3 is 9.47 Å². The van der Waals surface area contributed by atoms with Gasteiger partial charge in [-0.25, -0.2) is 9.79 Å². The molecule has 0 amide bonds. The largest absolute Gasteiger partial charge is 0.467 e. The van der Waals surface area contributed by atoms with Crippen molar-refractivity contribution in [3.8, 4) is 0 Å². The topological polar surface area (TPSA) is 47.9 Å². The molecule has 0 aliphatic carbocycles. The highest BCUT2D eigenvalue weighted by atomic mass is 32.1. The average Bonchev–Trinajstić information content (AvgIpc) is 3.16. The lowest BCUT2D eigenvalue weighted by Gasteiger charge is -2.14. The number of esters is 1. The van der Waals surface area contributed by atoms with E-state index < -0.39 is 12.1 Å². The van der Waals surface area contributed by atoms with Crippen molar-refractivity contribution >= 4 is 23.2 Å². The summed E-state index contributed by atoms with van der Waals surface area (Å²) in [6.45, 7) is 0. The summed E-state index contributed by atoms with van der Waals surface area (Å²) in [5, 5.41) is 1.95. The van der Waals surface area contributed by atoms with Gasteiger partial charge in [0.2, 0.25) is 5.90 Å². The summed E-state index contributed by atoms with van der Waals surface area (Å²) in [6, 6.07) is 12.8. The van der Waals surface area contributed by atoms with E-state index in [0.29, 0.717) is 5.90 Å². The Morgan fingerprint density at radius 3 is 2.70 bits per heavy atom. The van der Waals surface area contributed by atoms with Gasteiger partial charge in [-0.15, -0.1) is 11.3 Å². The van der Waals surface area contributed by atoms with Crippen molar-refractivity contribution in [1.82, 2.24) is 0 Å². The SMILES string of the molecule is COC(=O)C1N=C(c2ccccc2)OC1c1cccs1. The van der Waals surface area contributed by atoms with Gasteiger partial charge >= 0.3 is 5.97 Å². The zero-order valence-electron chi connectivity index (χ0n) is 10.9. The van der Waals surface area contributed by atoms with Crippen LogP contribution in [0, 0.1) is 0 Å². The molecule has 2 heterocycles. The molecular weight excluding hydrogens is 274 g/mol. The quantitative estimate of drug-likeness (QED) is 0.816. The van der Waals surface area contributed by atoms with Crippen LogP contribution in [0.15, 0.2) is 52.8 Å². The van der Waals surface area contributed by atoms with Crippen LogP contribution in [-0.2, 0) is 14.3 Å². The average molecular weight is 287 g/mol. The van der Waals surface area contributed by atoms with Gasteiger partial charge in [0.05, 0.1) is 7.11 Å². The monoisotopic (exact) mass is 287 g/mol. The summed E-state index contributed by atoms with van der Waals surface area (Å²) in [5.74, 6) is 0.105. The minimum absolute atomic E-state index is 0.380. The molecule has 0 N–H and O–H groups in total. The summed E-state index contributed by atoms with van der Waals surface area (Å²) in [4.78, 5) is 17.3. The van der Waals surface area contributed by atoms with E-state index in [4.69, 9.17) is 9.47 Å². The molecular formula is C15H13NO3S. The molecule has 0 saturated carbocycles. The number of aliphatic imine (C=N–C) groups is 1. The molecule has 0 spiro atoms. The molecule has 2 unspecified atom stereocenters. The van der Waals surface area contributed by atoms with E-state index in [9.17, 15) is 4.79 Å². The van der Waals surface area contributed by atoms with Crippen LogP contribution in [0.5, 0.6) is 0 Å². The van der Waals surface area contributed by atoms with E-state index in [1.54, 1.807) is 11.3 Å². The zero-order chi connectivity index (χ0) is 13.9. The summed E-state index contributed by atoms with van der Waals surface area (Å²) in [6.07, 6.45) is -0.405. The number of carbonyl (C=O) groups excluding carboxylic acids is 1. The lowest BCUT2D eigenvalue weighted by atomic mass is 10.1. The van der Waals surface area contributed by atoms with Gasteiger partial charge in [0.1, 0.15) is 0 Å². The second-order valence-electron chi connectivity index (χ2n) is 4.32. The number of nitrogens with zero attached hydrogens (tertiary/aromatic N) is 1. The Morgan fingerprint density at radius 2 is 2.05 bits per heavy atom. The van der Waals surface area contributed by atoms with Crippen molar-refractivity contribution in [2.45, 2.75) is 12.1 Å². The van der Waals surface area contributed by atoms with Crippen molar-refractivity contribution in [3.63, 3.8) is 0 Å². The first kappa shape index (κ1) is 12.9. The first-order valence-corrected chi connectivity index (χ1v) is 7.08. The normalized spacial score (nSPS) is 21.1. The zero-order valence-corrected chi connectivity index (χ0v) is 11.7. The highest BCUT2D eigenvalue weighted by Crippen LogP contribution is 2.34. The van der Waals surface area contributed by atoms with E-state index in [1.807, 2.05) is 47.8 Å². The van der Waals surface area contributed by atoms with Crippen LogP contribution in [0.4, 0.5) is 0 Å². The second-order valence-corrected chi connectivity index (χ2v) is 5.30. The van der Waals surface area contributed by atoms with Crippen LogP contribution in [0.25, 0.3) is 0 Å². The highest BCUT2D eigenvalue weighted by molar-refractivity contribution is 7.10. The molecule has 0 bridgehead atoms. The molecule has 3 rings (SSSR count). The van der Waals surface area contributed by atoms with Crippen molar-refractivity contribution in [2.75, 3.05) is 7.11 Å². The lowest BCUT2D eigenvalue weighted by Crippen LogP contribution is -2.24. The third-order valence-electron chi connectivity index (χ3n) is 3.07. The van der Waals surface area contributed by atoms with E-state index in [-0.39, 0.29) is 5.97 Å². The van der Waals surface area contributed by atoms with Crippen molar-refractivity contribution in [1.29, 1.82) is 0 Å². The Bertz CT molecular complexity index is 622. The van der Waals surface area contributed by atoms with Gasteiger partial charge in [-0.2, -0.15) is 0 Å². The maximum Gasteiger partial charge on any atom is 0.335 e. The van der Waals surface area contributed by atoms with Gasteiger partial charge in [0, 0.05) is 10.4 Å². The molecule has 5 heteroatoms. The summed E-state index contributed by atoms with van der Waals surface area (Å²) in [5.41, 5.74) is 0.862. The molecule has 2 atom stereocenters. The molecule has 2 aromatic rings. The highest BCUT2D eigenvalue weighted by Gasteiger charge is 2.39. The minimum atomic E-state index is -0.645. The Labute approximate surface area is 120 Å². The van der Waals surface area contributed by atoms with Crippen LogP contribution in [-0.4, -0.2) is 25.0 Å². The number of carbonyl (C=O) groups is 1. The number of ether oxygens (including phenoxy) is 2. The van der Waals surface area contributed by atoms with Gasteiger partial charge in [0.15, 0.2) is 12.1 Å². The summed E-state index contributed by atoms with van der Waals surface area (Å²) >= 11 is 1.54.